The van der Waals surface area contributed by atoms with Crippen molar-refractivity contribution in [2.75, 3.05) is 13.6 Å². The summed E-state index contributed by atoms with van der Waals surface area (Å²) in [4.78, 5) is 0.387. The van der Waals surface area contributed by atoms with Crippen molar-refractivity contribution in [3.8, 4) is 0 Å². The van der Waals surface area contributed by atoms with Crippen LogP contribution in [0.3, 0.4) is 0 Å². The number of rotatable bonds is 8. The Hall–Kier alpha value is -0.850. The van der Waals surface area contributed by atoms with Crippen LogP contribution in [0.15, 0.2) is 17.2 Å². The van der Waals surface area contributed by atoms with Crippen molar-refractivity contribution in [3.05, 3.63) is 18.0 Å². The fraction of sp³-hybridized carbons (Fsp3) is 0.714. The molecule has 0 unspecified atom stereocenters. The van der Waals surface area contributed by atoms with E-state index in [0.29, 0.717) is 29.9 Å². The summed E-state index contributed by atoms with van der Waals surface area (Å²) in [6.45, 7) is 5.36. The monoisotopic (exact) mass is 299 g/mol. The van der Waals surface area contributed by atoms with Crippen molar-refractivity contribution < 1.29 is 8.42 Å². The van der Waals surface area contributed by atoms with Gasteiger partial charge in [0, 0.05) is 31.0 Å². The molecule has 1 heterocycles. The van der Waals surface area contributed by atoms with Crippen molar-refractivity contribution in [3.63, 3.8) is 0 Å². The first-order valence-electron chi connectivity index (χ1n) is 7.29. The van der Waals surface area contributed by atoms with E-state index in [1.165, 1.54) is 0 Å². The second-order valence-corrected chi connectivity index (χ2v) is 7.68. The number of aromatic nitrogens is 1. The number of nitrogens with one attached hydrogen (secondary N) is 2. The van der Waals surface area contributed by atoms with E-state index in [1.54, 1.807) is 12.3 Å². The maximum Gasteiger partial charge on any atom is 0.242 e. The number of sulfonamides is 1. The third-order valence-corrected chi connectivity index (χ3v) is 4.96. The third-order valence-electron chi connectivity index (χ3n) is 3.53. The summed E-state index contributed by atoms with van der Waals surface area (Å²) in [7, 11) is -1.51. The largest absolute Gasteiger partial charge is 0.346 e. The molecule has 5 nitrogen and oxygen atoms in total. The summed E-state index contributed by atoms with van der Waals surface area (Å²) >= 11 is 0. The van der Waals surface area contributed by atoms with Gasteiger partial charge in [-0.25, -0.2) is 13.1 Å². The Morgan fingerprint density at radius 3 is 2.65 bits per heavy atom. The molecule has 0 saturated heterocycles. The van der Waals surface area contributed by atoms with E-state index in [1.807, 2.05) is 7.05 Å². The molecule has 0 aromatic carbocycles. The maximum atomic E-state index is 12.3. The Morgan fingerprint density at radius 1 is 1.40 bits per heavy atom. The molecule has 0 bridgehead atoms. The van der Waals surface area contributed by atoms with Crippen LogP contribution >= 0.6 is 0 Å². The van der Waals surface area contributed by atoms with Crippen LogP contribution in [0.2, 0.25) is 0 Å². The molecule has 0 aliphatic heterocycles. The summed E-state index contributed by atoms with van der Waals surface area (Å²) in [6, 6.07) is 2.27. The highest BCUT2D eigenvalue weighted by Crippen LogP contribution is 2.37. The smallest absolute Gasteiger partial charge is 0.242 e. The van der Waals surface area contributed by atoms with Crippen LogP contribution < -0.4 is 10.0 Å². The molecule has 114 valence electrons. The number of hydrogen-bond acceptors (Lipinski definition) is 3. The highest BCUT2D eigenvalue weighted by Gasteiger charge is 2.27. The van der Waals surface area contributed by atoms with Gasteiger partial charge in [-0.15, -0.1) is 0 Å². The molecule has 1 saturated carbocycles. The van der Waals surface area contributed by atoms with E-state index in [4.69, 9.17) is 0 Å². The summed E-state index contributed by atoms with van der Waals surface area (Å²) in [5.41, 5.74) is 1.04. The molecule has 0 spiro atoms. The Kier molecular flexibility index (Phi) is 4.88. The molecule has 6 heteroatoms. The van der Waals surface area contributed by atoms with Gasteiger partial charge in [-0.2, -0.15) is 0 Å². The Labute approximate surface area is 121 Å². The predicted octanol–water partition coefficient (Wildman–Crippen LogP) is 1.87. The molecule has 20 heavy (non-hydrogen) atoms. The Balaban J connectivity index is 2.12. The Bertz CT molecular complexity index is 545. The van der Waals surface area contributed by atoms with Gasteiger partial charge in [0.05, 0.1) is 4.90 Å². The quantitative estimate of drug-likeness (QED) is 0.770. The van der Waals surface area contributed by atoms with Gasteiger partial charge in [0.2, 0.25) is 10.0 Å². The Morgan fingerprint density at radius 2 is 2.10 bits per heavy atom. The van der Waals surface area contributed by atoms with Gasteiger partial charge in [0.1, 0.15) is 0 Å². The predicted molar refractivity (Wildman–Crippen MR) is 80.1 cm³/mol. The van der Waals surface area contributed by atoms with E-state index in [9.17, 15) is 8.42 Å². The zero-order chi connectivity index (χ0) is 14.8. The molecule has 1 fully saturated rings. The lowest BCUT2D eigenvalue weighted by atomic mass is 10.1. The SMILES string of the molecule is CNCc1cc(S(=O)(=O)NCCC(C)C)cn1C1CC1. The topological polar surface area (TPSA) is 63.1 Å². The van der Waals surface area contributed by atoms with Crippen LogP contribution in [0.1, 0.15) is 44.8 Å². The molecule has 0 atom stereocenters. The van der Waals surface area contributed by atoms with E-state index < -0.39 is 10.0 Å². The first-order chi connectivity index (χ1) is 9.44. The highest BCUT2D eigenvalue weighted by atomic mass is 32.2. The van der Waals surface area contributed by atoms with Gasteiger partial charge in [-0.3, -0.25) is 0 Å². The normalized spacial score (nSPS) is 16.0. The number of hydrogen-bond donors (Lipinski definition) is 2. The fourth-order valence-electron chi connectivity index (χ4n) is 2.22. The molecule has 1 aromatic heterocycles. The van der Waals surface area contributed by atoms with Gasteiger partial charge < -0.3 is 9.88 Å². The van der Waals surface area contributed by atoms with Gasteiger partial charge in [-0.05, 0) is 38.3 Å². The van der Waals surface area contributed by atoms with E-state index in [2.05, 4.69) is 28.5 Å². The first-order valence-corrected chi connectivity index (χ1v) is 8.77. The average Bonchev–Trinajstić information content (AvgIpc) is 3.10. The van der Waals surface area contributed by atoms with Gasteiger partial charge in [-0.1, -0.05) is 13.8 Å². The van der Waals surface area contributed by atoms with Crippen LogP contribution in [0, 0.1) is 5.92 Å². The molecule has 0 radical (unpaired) electrons. The van der Waals surface area contributed by atoms with Crippen molar-refractivity contribution >= 4 is 10.0 Å². The van der Waals surface area contributed by atoms with Crippen LogP contribution in [0.4, 0.5) is 0 Å². The standard InChI is InChI=1S/C14H25N3O2S/c1-11(2)6-7-16-20(18,19)14-8-13(9-15-3)17(10-14)12-4-5-12/h8,10-12,15-16H,4-7,9H2,1-3H3. The lowest BCUT2D eigenvalue weighted by Gasteiger charge is -2.07. The van der Waals surface area contributed by atoms with Crippen molar-refractivity contribution in [2.45, 2.75) is 50.6 Å². The summed E-state index contributed by atoms with van der Waals surface area (Å²) in [5.74, 6) is 0.494. The lowest BCUT2D eigenvalue weighted by molar-refractivity contribution is 0.551. The number of nitrogens with zero attached hydrogens (tertiary/aromatic N) is 1. The van der Waals surface area contributed by atoms with Gasteiger partial charge in [0.25, 0.3) is 0 Å². The average molecular weight is 299 g/mol. The third kappa shape index (κ3) is 3.84. The molecule has 0 amide bonds. The molecule has 2 N–H and O–H groups in total. The molecular formula is C14H25N3O2S. The van der Waals surface area contributed by atoms with E-state index in [0.717, 1.165) is 25.0 Å². The zero-order valence-corrected chi connectivity index (χ0v) is 13.3. The maximum absolute atomic E-state index is 12.3. The van der Waals surface area contributed by atoms with E-state index >= 15 is 0 Å². The molecule has 2 rings (SSSR count). The van der Waals surface area contributed by atoms with Gasteiger partial charge in [0.15, 0.2) is 0 Å². The minimum absolute atomic E-state index is 0.387. The fourth-order valence-corrected chi connectivity index (χ4v) is 3.32. The van der Waals surface area contributed by atoms with Crippen molar-refractivity contribution in [1.82, 2.24) is 14.6 Å². The van der Waals surface area contributed by atoms with Crippen LogP contribution in [0.5, 0.6) is 0 Å². The minimum atomic E-state index is -3.38. The van der Waals surface area contributed by atoms with Crippen molar-refractivity contribution in [1.29, 1.82) is 0 Å². The van der Waals surface area contributed by atoms with Gasteiger partial charge >= 0.3 is 0 Å². The zero-order valence-electron chi connectivity index (χ0n) is 12.5. The minimum Gasteiger partial charge on any atom is -0.346 e. The van der Waals surface area contributed by atoms with Crippen LogP contribution in [0.25, 0.3) is 0 Å². The van der Waals surface area contributed by atoms with Crippen molar-refractivity contribution in [2.24, 2.45) is 5.92 Å². The second-order valence-electron chi connectivity index (χ2n) is 5.92. The second kappa shape index (κ2) is 6.28. The van der Waals surface area contributed by atoms with Crippen LogP contribution in [-0.2, 0) is 16.6 Å². The molecule has 1 aliphatic rings. The summed E-state index contributed by atoms with van der Waals surface area (Å²) < 4.78 is 29.4. The highest BCUT2D eigenvalue weighted by molar-refractivity contribution is 7.89. The summed E-state index contributed by atoms with van der Waals surface area (Å²) in [6.07, 6.45) is 4.92. The first kappa shape index (κ1) is 15.5. The molecule has 1 aliphatic carbocycles. The summed E-state index contributed by atoms with van der Waals surface area (Å²) in [5, 5.41) is 3.09. The molecular weight excluding hydrogens is 274 g/mol. The lowest BCUT2D eigenvalue weighted by Crippen LogP contribution is -2.25. The van der Waals surface area contributed by atoms with E-state index in [-0.39, 0.29) is 0 Å². The van der Waals surface area contributed by atoms with Crippen LogP contribution in [-0.4, -0.2) is 26.6 Å². The molecule has 1 aromatic rings.